The number of para-hydroxylation sites is 1. The maximum atomic E-state index is 10.2. The van der Waals surface area contributed by atoms with Gasteiger partial charge in [-0.25, -0.2) is 0 Å². The van der Waals surface area contributed by atoms with Crippen molar-refractivity contribution in [3.63, 3.8) is 0 Å². The molecule has 1 saturated carbocycles. The summed E-state index contributed by atoms with van der Waals surface area (Å²) >= 11 is 0. The van der Waals surface area contributed by atoms with Crippen LogP contribution < -0.4 is 4.74 Å². The van der Waals surface area contributed by atoms with E-state index in [0.29, 0.717) is 26.1 Å². The van der Waals surface area contributed by atoms with Crippen LogP contribution in [0.1, 0.15) is 31.7 Å². The average Bonchev–Trinajstić information content (AvgIpc) is 2.92. The fourth-order valence-electron chi connectivity index (χ4n) is 3.05. The van der Waals surface area contributed by atoms with Gasteiger partial charge in [0.15, 0.2) is 5.79 Å². The van der Waals surface area contributed by atoms with E-state index >= 15 is 0 Å². The average molecular weight is 278 g/mol. The Morgan fingerprint density at radius 3 is 2.80 bits per heavy atom. The summed E-state index contributed by atoms with van der Waals surface area (Å²) < 4.78 is 17.5. The third kappa shape index (κ3) is 2.68. The van der Waals surface area contributed by atoms with Gasteiger partial charge in [0.1, 0.15) is 11.9 Å². The molecule has 1 aromatic carbocycles. The number of aliphatic hydroxyl groups is 1. The predicted octanol–water partition coefficient (Wildman–Crippen LogP) is 2.28. The van der Waals surface area contributed by atoms with E-state index in [4.69, 9.17) is 14.2 Å². The lowest BCUT2D eigenvalue weighted by molar-refractivity contribution is -0.209. The van der Waals surface area contributed by atoms with Crippen LogP contribution in [-0.4, -0.2) is 36.3 Å². The van der Waals surface area contributed by atoms with Gasteiger partial charge in [-0.15, -0.1) is 0 Å². The maximum Gasteiger partial charge on any atom is 0.172 e. The van der Waals surface area contributed by atoms with E-state index in [-0.39, 0.29) is 6.10 Å². The molecule has 1 N–H and O–H groups in total. The van der Waals surface area contributed by atoms with Crippen LogP contribution in [0.25, 0.3) is 0 Å². The van der Waals surface area contributed by atoms with Crippen molar-refractivity contribution in [3.8, 4) is 5.75 Å². The van der Waals surface area contributed by atoms with E-state index in [1.807, 2.05) is 18.2 Å². The molecule has 1 saturated heterocycles. The monoisotopic (exact) mass is 278 g/mol. The molecule has 2 unspecified atom stereocenters. The van der Waals surface area contributed by atoms with Crippen molar-refractivity contribution in [2.24, 2.45) is 0 Å². The highest BCUT2D eigenvalue weighted by Gasteiger charge is 2.45. The first-order valence-electron chi connectivity index (χ1n) is 7.43. The first-order valence-corrected chi connectivity index (χ1v) is 7.43. The molecule has 1 heterocycles. The highest BCUT2D eigenvalue weighted by molar-refractivity contribution is 5.33. The molecule has 20 heavy (non-hydrogen) atoms. The van der Waals surface area contributed by atoms with Gasteiger partial charge in [-0.05, 0) is 24.5 Å². The molecule has 1 aromatic rings. The Hall–Kier alpha value is -1.10. The maximum absolute atomic E-state index is 10.2. The summed E-state index contributed by atoms with van der Waals surface area (Å²) in [5.41, 5.74) is 1.16. The van der Waals surface area contributed by atoms with Gasteiger partial charge < -0.3 is 19.3 Å². The van der Waals surface area contributed by atoms with Crippen molar-refractivity contribution in [1.82, 2.24) is 0 Å². The van der Waals surface area contributed by atoms with Crippen molar-refractivity contribution in [3.05, 3.63) is 29.8 Å². The molecule has 1 spiro atoms. The minimum Gasteiger partial charge on any atom is -0.487 e. The van der Waals surface area contributed by atoms with Gasteiger partial charge in [0.05, 0.1) is 19.3 Å². The molecule has 1 aliphatic heterocycles. The molecular formula is C16H22O4. The highest BCUT2D eigenvalue weighted by Crippen LogP contribution is 2.38. The fourth-order valence-corrected chi connectivity index (χ4v) is 3.05. The molecule has 3 rings (SSSR count). The zero-order valence-corrected chi connectivity index (χ0v) is 11.9. The van der Waals surface area contributed by atoms with Crippen LogP contribution in [0.4, 0.5) is 0 Å². The Morgan fingerprint density at radius 2 is 2.05 bits per heavy atom. The number of hydrogen-bond donors (Lipinski definition) is 1. The number of ether oxygens (including phenoxy) is 3. The number of aryl methyl sites for hydroxylation is 1. The Labute approximate surface area is 119 Å². The Kier molecular flexibility index (Phi) is 3.96. The summed E-state index contributed by atoms with van der Waals surface area (Å²) in [5.74, 6) is 0.319. The van der Waals surface area contributed by atoms with Crippen molar-refractivity contribution < 1.29 is 19.3 Å². The topological polar surface area (TPSA) is 47.9 Å². The second-order valence-electron chi connectivity index (χ2n) is 5.54. The standard InChI is InChI=1S/C16H22O4/c1-2-12-5-3-4-6-14(12)20-15-11-16(8-7-13(15)17)18-9-10-19-16/h3-6,13,15,17H,2,7-11H2,1H3. The molecular weight excluding hydrogens is 256 g/mol. The highest BCUT2D eigenvalue weighted by atomic mass is 16.7. The van der Waals surface area contributed by atoms with Crippen molar-refractivity contribution in [1.29, 1.82) is 0 Å². The SMILES string of the molecule is CCc1ccccc1OC1CC2(CCC1O)OCCO2. The molecule has 1 aliphatic carbocycles. The normalized spacial score (nSPS) is 28.7. The van der Waals surface area contributed by atoms with Gasteiger partial charge in [-0.1, -0.05) is 25.1 Å². The van der Waals surface area contributed by atoms with E-state index in [0.717, 1.165) is 24.2 Å². The minimum absolute atomic E-state index is 0.269. The third-order valence-electron chi connectivity index (χ3n) is 4.21. The third-order valence-corrected chi connectivity index (χ3v) is 4.21. The fraction of sp³-hybridized carbons (Fsp3) is 0.625. The van der Waals surface area contributed by atoms with Crippen LogP contribution in [-0.2, 0) is 15.9 Å². The molecule has 4 nitrogen and oxygen atoms in total. The summed E-state index contributed by atoms with van der Waals surface area (Å²) in [5, 5.41) is 10.2. The van der Waals surface area contributed by atoms with Crippen LogP contribution in [0.5, 0.6) is 5.75 Å². The molecule has 0 amide bonds. The smallest absolute Gasteiger partial charge is 0.172 e. The lowest BCUT2D eigenvalue weighted by Crippen LogP contribution is -2.47. The summed E-state index contributed by atoms with van der Waals surface area (Å²) in [4.78, 5) is 0. The molecule has 0 aromatic heterocycles. The summed E-state index contributed by atoms with van der Waals surface area (Å²) in [7, 11) is 0. The van der Waals surface area contributed by atoms with Crippen LogP contribution in [0.15, 0.2) is 24.3 Å². The molecule has 4 heteroatoms. The van der Waals surface area contributed by atoms with E-state index in [2.05, 4.69) is 13.0 Å². The number of aliphatic hydroxyl groups excluding tert-OH is 1. The van der Waals surface area contributed by atoms with Gasteiger partial charge >= 0.3 is 0 Å². The molecule has 0 bridgehead atoms. The quantitative estimate of drug-likeness (QED) is 0.921. The first-order chi connectivity index (χ1) is 9.72. The van der Waals surface area contributed by atoms with Crippen molar-refractivity contribution in [2.75, 3.05) is 13.2 Å². The molecule has 2 aliphatic rings. The summed E-state index contributed by atoms with van der Waals surface area (Å²) in [6.45, 7) is 3.37. The molecule has 2 atom stereocenters. The van der Waals surface area contributed by atoms with Crippen molar-refractivity contribution >= 4 is 0 Å². The van der Waals surface area contributed by atoms with Gasteiger partial charge in [0.2, 0.25) is 0 Å². The first kappa shape index (κ1) is 13.9. The van der Waals surface area contributed by atoms with Gasteiger partial charge in [-0.3, -0.25) is 0 Å². The zero-order chi connectivity index (χ0) is 14.0. The van der Waals surface area contributed by atoms with Gasteiger partial charge in [0, 0.05) is 12.8 Å². The zero-order valence-electron chi connectivity index (χ0n) is 11.9. The molecule has 0 radical (unpaired) electrons. The minimum atomic E-state index is -0.537. The van der Waals surface area contributed by atoms with E-state index in [9.17, 15) is 5.11 Å². The van der Waals surface area contributed by atoms with E-state index < -0.39 is 11.9 Å². The van der Waals surface area contributed by atoms with Crippen LogP contribution in [0, 0.1) is 0 Å². The number of benzene rings is 1. The van der Waals surface area contributed by atoms with Gasteiger partial charge in [0.25, 0.3) is 0 Å². The second-order valence-corrected chi connectivity index (χ2v) is 5.54. The summed E-state index contributed by atoms with van der Waals surface area (Å²) in [6.07, 6.45) is 2.17. The Bertz CT molecular complexity index is 454. The van der Waals surface area contributed by atoms with Crippen LogP contribution >= 0.6 is 0 Å². The van der Waals surface area contributed by atoms with E-state index in [1.165, 1.54) is 0 Å². The number of hydrogen-bond acceptors (Lipinski definition) is 4. The second kappa shape index (κ2) is 5.72. The number of rotatable bonds is 3. The Balaban J connectivity index is 1.74. The summed E-state index contributed by atoms with van der Waals surface area (Å²) in [6, 6.07) is 7.99. The van der Waals surface area contributed by atoms with Crippen LogP contribution in [0.3, 0.4) is 0 Å². The largest absolute Gasteiger partial charge is 0.487 e. The lowest BCUT2D eigenvalue weighted by Gasteiger charge is -2.39. The lowest BCUT2D eigenvalue weighted by atomic mass is 9.89. The van der Waals surface area contributed by atoms with Crippen molar-refractivity contribution in [2.45, 2.75) is 50.6 Å². The molecule has 2 fully saturated rings. The molecule has 110 valence electrons. The Morgan fingerprint density at radius 1 is 1.30 bits per heavy atom. The van der Waals surface area contributed by atoms with Gasteiger partial charge in [-0.2, -0.15) is 0 Å². The van der Waals surface area contributed by atoms with Crippen LogP contribution in [0.2, 0.25) is 0 Å². The van der Waals surface area contributed by atoms with E-state index in [1.54, 1.807) is 0 Å². The predicted molar refractivity (Wildman–Crippen MR) is 74.7 cm³/mol.